The average Bonchev–Trinajstić information content (AvgIpc) is 3.45. The monoisotopic (exact) mass is 543 g/mol. The number of carbonyl (C=O) groups excluding carboxylic acids is 2. The maximum atomic E-state index is 13.3. The molecule has 3 atom stereocenters. The van der Waals surface area contributed by atoms with Crippen LogP contribution in [0.15, 0.2) is 93.2 Å². The summed E-state index contributed by atoms with van der Waals surface area (Å²) in [5, 5.41) is 12.6. The lowest BCUT2D eigenvalue weighted by Gasteiger charge is -2.36. The van der Waals surface area contributed by atoms with Crippen LogP contribution in [0.3, 0.4) is 0 Å². The molecule has 2 aliphatic heterocycles. The smallest absolute Gasteiger partial charge is 0.276 e. The number of allylic oxidation sites excluding steroid dienone is 8. The van der Waals surface area contributed by atoms with Crippen molar-refractivity contribution in [2.24, 2.45) is 16.0 Å². The highest BCUT2D eigenvalue weighted by Crippen LogP contribution is 2.46. The number of piperidine rings is 1. The number of nitrogens with zero attached hydrogens (tertiary/aromatic N) is 3. The summed E-state index contributed by atoms with van der Waals surface area (Å²) in [7, 11) is 1.86. The van der Waals surface area contributed by atoms with Crippen molar-refractivity contribution in [2.75, 3.05) is 20.1 Å². The number of fused-ring (bicyclic) bond motifs is 2. The highest BCUT2D eigenvalue weighted by Gasteiger charge is 2.48. The van der Waals surface area contributed by atoms with Crippen molar-refractivity contribution in [3.8, 4) is 0 Å². The minimum absolute atomic E-state index is 0.0132. The summed E-state index contributed by atoms with van der Waals surface area (Å²) in [6, 6.07) is -0.346. The summed E-state index contributed by atoms with van der Waals surface area (Å²) in [5.74, 6) is 0.0696. The van der Waals surface area contributed by atoms with Gasteiger partial charge in [-0.15, -0.1) is 6.58 Å². The van der Waals surface area contributed by atoms with E-state index in [0.29, 0.717) is 47.8 Å². The van der Waals surface area contributed by atoms with Gasteiger partial charge in [0.25, 0.3) is 5.91 Å². The topological polar surface area (TPSA) is 122 Å². The van der Waals surface area contributed by atoms with Gasteiger partial charge in [-0.2, -0.15) is 5.11 Å². The predicted molar refractivity (Wildman–Crippen MR) is 158 cm³/mol. The summed E-state index contributed by atoms with van der Waals surface area (Å²) >= 11 is 0. The van der Waals surface area contributed by atoms with Gasteiger partial charge < -0.3 is 16.0 Å². The molecule has 0 aromatic carbocycles. The van der Waals surface area contributed by atoms with Crippen molar-refractivity contribution < 1.29 is 9.59 Å². The van der Waals surface area contributed by atoms with E-state index < -0.39 is 5.91 Å². The molecule has 212 valence electrons. The normalized spacial score (nSPS) is 27.7. The Balaban J connectivity index is 1.42. The van der Waals surface area contributed by atoms with Crippen LogP contribution in [0.25, 0.3) is 0 Å². The Hall–Kier alpha value is -3.85. The molecule has 3 unspecified atom stereocenters. The molecule has 9 heteroatoms. The first-order valence-corrected chi connectivity index (χ1v) is 14.0. The van der Waals surface area contributed by atoms with Crippen molar-refractivity contribution in [1.82, 2.24) is 20.9 Å². The van der Waals surface area contributed by atoms with Gasteiger partial charge in [-0.25, -0.2) is 5.53 Å². The molecule has 0 aromatic rings. The Morgan fingerprint density at radius 1 is 1.35 bits per heavy atom. The first kappa shape index (κ1) is 29.1. The Morgan fingerprint density at radius 3 is 2.83 bits per heavy atom. The van der Waals surface area contributed by atoms with Gasteiger partial charge >= 0.3 is 0 Å². The molecule has 1 saturated carbocycles. The Kier molecular flexibility index (Phi) is 9.14. The lowest BCUT2D eigenvalue weighted by molar-refractivity contribution is -0.123. The Labute approximate surface area is 237 Å². The van der Waals surface area contributed by atoms with Crippen molar-refractivity contribution in [3.63, 3.8) is 0 Å². The van der Waals surface area contributed by atoms with Gasteiger partial charge in [-0.1, -0.05) is 37.8 Å². The van der Waals surface area contributed by atoms with E-state index in [1.54, 1.807) is 12.3 Å². The van der Waals surface area contributed by atoms with Crippen LogP contribution < -0.4 is 16.0 Å². The first-order valence-electron chi connectivity index (χ1n) is 14.0. The molecule has 2 amide bonds. The SMILES string of the molecule is C=CC12CCC(CN1CC(=O)NC1C=NC(C)=C(NC(=O)/C(N=N)=C3\C=CC(/C(=C/NC)CC)=CCC3=C)C1)C2. The van der Waals surface area contributed by atoms with Crippen LogP contribution in [0.4, 0.5) is 0 Å². The third kappa shape index (κ3) is 6.14. The van der Waals surface area contributed by atoms with Crippen LogP contribution >= 0.6 is 0 Å². The molecule has 2 heterocycles. The summed E-state index contributed by atoms with van der Waals surface area (Å²) in [4.78, 5) is 33.0. The van der Waals surface area contributed by atoms with E-state index in [2.05, 4.69) is 57.1 Å². The molecule has 0 spiro atoms. The molecular formula is C31H41N7O2. The fourth-order valence-electron chi connectivity index (χ4n) is 6.17. The minimum atomic E-state index is -0.502. The molecule has 2 fully saturated rings. The molecule has 2 aliphatic carbocycles. The maximum absolute atomic E-state index is 13.3. The molecule has 4 rings (SSSR count). The van der Waals surface area contributed by atoms with E-state index in [-0.39, 0.29) is 23.2 Å². The van der Waals surface area contributed by atoms with Crippen molar-refractivity contribution >= 4 is 18.0 Å². The van der Waals surface area contributed by atoms with Gasteiger partial charge in [0, 0.05) is 43.0 Å². The number of rotatable bonds is 10. The number of aliphatic imine (C=N–C) groups is 1. The van der Waals surface area contributed by atoms with Gasteiger partial charge in [-0.3, -0.25) is 19.5 Å². The predicted octanol–water partition coefficient (Wildman–Crippen LogP) is 4.57. The Bertz CT molecular complexity index is 1280. The van der Waals surface area contributed by atoms with E-state index in [9.17, 15) is 9.59 Å². The molecule has 1 saturated heterocycles. The van der Waals surface area contributed by atoms with Crippen LogP contribution in [0, 0.1) is 11.4 Å². The average molecular weight is 544 g/mol. The number of amides is 2. The van der Waals surface area contributed by atoms with Gasteiger partial charge in [0.15, 0.2) is 5.70 Å². The highest BCUT2D eigenvalue weighted by atomic mass is 16.2. The summed E-state index contributed by atoms with van der Waals surface area (Å²) < 4.78 is 0. The molecule has 0 aromatic heterocycles. The zero-order chi connectivity index (χ0) is 28.9. The Morgan fingerprint density at radius 2 is 2.15 bits per heavy atom. The van der Waals surface area contributed by atoms with Gasteiger partial charge in [0.1, 0.15) is 0 Å². The third-order valence-electron chi connectivity index (χ3n) is 8.40. The minimum Gasteiger partial charge on any atom is -0.394 e. The number of likely N-dealkylation sites (tertiary alicyclic amines) is 1. The second-order valence-electron chi connectivity index (χ2n) is 11.0. The lowest BCUT2D eigenvalue weighted by Crippen LogP contribution is -2.50. The van der Waals surface area contributed by atoms with E-state index in [1.807, 2.05) is 32.3 Å². The van der Waals surface area contributed by atoms with Crippen LogP contribution in [0.5, 0.6) is 0 Å². The van der Waals surface area contributed by atoms with Gasteiger partial charge in [0.2, 0.25) is 5.91 Å². The molecule has 4 aliphatic rings. The van der Waals surface area contributed by atoms with E-state index >= 15 is 0 Å². The molecule has 40 heavy (non-hydrogen) atoms. The maximum Gasteiger partial charge on any atom is 0.276 e. The van der Waals surface area contributed by atoms with Crippen molar-refractivity contribution in [3.05, 3.63) is 83.0 Å². The zero-order valence-corrected chi connectivity index (χ0v) is 23.8. The molecule has 0 radical (unpaired) electrons. The fraction of sp³-hybridized carbons (Fsp3) is 0.452. The second-order valence-corrected chi connectivity index (χ2v) is 11.0. The summed E-state index contributed by atoms with van der Waals surface area (Å²) in [6.07, 6.45) is 16.6. The quantitative estimate of drug-likeness (QED) is 0.183. The molecule has 2 bridgehead atoms. The van der Waals surface area contributed by atoms with Crippen LogP contribution in [-0.4, -0.2) is 54.6 Å². The van der Waals surface area contributed by atoms with Crippen molar-refractivity contribution in [2.45, 2.75) is 64.0 Å². The largest absolute Gasteiger partial charge is 0.394 e. The van der Waals surface area contributed by atoms with Gasteiger partial charge in [0.05, 0.1) is 18.3 Å². The number of hydrogen-bond donors (Lipinski definition) is 4. The van der Waals surface area contributed by atoms with Crippen LogP contribution in [-0.2, 0) is 9.59 Å². The third-order valence-corrected chi connectivity index (χ3v) is 8.40. The highest BCUT2D eigenvalue weighted by molar-refractivity contribution is 5.96. The van der Waals surface area contributed by atoms with E-state index in [0.717, 1.165) is 37.0 Å². The molecule has 9 nitrogen and oxygen atoms in total. The van der Waals surface area contributed by atoms with E-state index in [4.69, 9.17) is 5.53 Å². The summed E-state index contributed by atoms with van der Waals surface area (Å²) in [5.41, 5.74) is 12.4. The first-order chi connectivity index (χ1) is 19.2. The molecular weight excluding hydrogens is 502 g/mol. The van der Waals surface area contributed by atoms with Gasteiger partial charge in [-0.05, 0) is 67.9 Å². The van der Waals surface area contributed by atoms with Crippen LogP contribution in [0.2, 0.25) is 0 Å². The summed E-state index contributed by atoms with van der Waals surface area (Å²) in [6.45, 7) is 13.3. The number of carbonyl (C=O) groups is 2. The standard InChI is InChI=1S/C31H41N7O2/c1-6-23(16-33-5)24-9-8-20(3)26(11-10-24)29(37-32)30(40)36-27-14-25(17-34-21(27)4)35-28(39)19-38-18-22-12-13-31(38,7-2)15-22/h7,9-11,16-17,22,25,32-33H,2-3,6,8,12-15,18-19H2,1,4-5H3,(H,35,39)(H,36,40)/b23-16+,29-26-,37-32?. The van der Waals surface area contributed by atoms with Crippen molar-refractivity contribution in [1.29, 1.82) is 5.53 Å². The fourth-order valence-corrected chi connectivity index (χ4v) is 6.17. The number of nitrogens with one attached hydrogen (secondary N) is 4. The zero-order valence-electron chi connectivity index (χ0n) is 23.8. The number of hydrogen-bond acceptors (Lipinski definition) is 7. The van der Waals surface area contributed by atoms with E-state index in [1.165, 1.54) is 6.42 Å². The lowest BCUT2D eigenvalue weighted by atomic mass is 9.97. The van der Waals surface area contributed by atoms with Crippen LogP contribution in [0.1, 0.15) is 52.4 Å². The molecule has 4 N–H and O–H groups in total. The second kappa shape index (κ2) is 12.6.